The molecule has 0 unspecified atom stereocenters. The average Bonchev–Trinajstić information content (AvgIpc) is 3.12. The summed E-state index contributed by atoms with van der Waals surface area (Å²) in [6.45, 7) is 9.02. The van der Waals surface area contributed by atoms with E-state index in [1.807, 2.05) is 22.4 Å². The van der Waals surface area contributed by atoms with E-state index in [-0.39, 0.29) is 5.91 Å². The normalized spacial score (nSPS) is 22.7. The van der Waals surface area contributed by atoms with Crippen LogP contribution < -0.4 is 0 Å². The number of nitrogens with zero attached hydrogens (tertiary/aromatic N) is 3. The van der Waals surface area contributed by atoms with Gasteiger partial charge >= 0.3 is 0 Å². The Hall–Kier alpha value is -0.950. The van der Waals surface area contributed by atoms with Crippen molar-refractivity contribution in [2.75, 3.05) is 52.4 Å². The molecule has 5 nitrogen and oxygen atoms in total. The SMILES string of the molecule is CC1CCN(C(=O)CN2CCN(C[C@@H](O)c3cccs3)CC2)CC1. The number of thiophene rings is 1. The third kappa shape index (κ3) is 4.79. The highest BCUT2D eigenvalue weighted by molar-refractivity contribution is 7.10. The van der Waals surface area contributed by atoms with Crippen LogP contribution in [-0.4, -0.2) is 78.1 Å². The van der Waals surface area contributed by atoms with Gasteiger partial charge in [-0.2, -0.15) is 0 Å². The van der Waals surface area contributed by atoms with Gasteiger partial charge in [-0.25, -0.2) is 0 Å². The fourth-order valence-corrected chi connectivity index (χ4v) is 4.20. The van der Waals surface area contributed by atoms with Gasteiger partial charge in [0.15, 0.2) is 0 Å². The Bertz CT molecular complexity index is 506. The Morgan fingerprint density at radius 2 is 1.88 bits per heavy atom. The summed E-state index contributed by atoms with van der Waals surface area (Å²) in [7, 11) is 0. The topological polar surface area (TPSA) is 47.0 Å². The number of piperazine rings is 1. The summed E-state index contributed by atoms with van der Waals surface area (Å²) in [6, 6.07) is 3.97. The van der Waals surface area contributed by atoms with Crippen LogP contribution in [0, 0.1) is 5.92 Å². The Morgan fingerprint density at radius 3 is 2.50 bits per heavy atom. The second kappa shape index (κ2) is 8.43. The van der Waals surface area contributed by atoms with Gasteiger partial charge in [0.05, 0.1) is 6.54 Å². The van der Waals surface area contributed by atoms with Gasteiger partial charge in [-0.05, 0) is 30.2 Å². The number of carbonyl (C=O) groups excluding carboxylic acids is 1. The third-order valence-electron chi connectivity index (χ3n) is 5.26. The lowest BCUT2D eigenvalue weighted by molar-refractivity contribution is -0.134. The molecule has 0 bridgehead atoms. The van der Waals surface area contributed by atoms with Crippen LogP contribution in [0.2, 0.25) is 0 Å². The van der Waals surface area contributed by atoms with Crippen molar-refractivity contribution in [3.8, 4) is 0 Å². The summed E-state index contributed by atoms with van der Waals surface area (Å²) in [6.07, 6.45) is 1.88. The van der Waals surface area contributed by atoms with Gasteiger partial charge in [0.25, 0.3) is 0 Å². The minimum Gasteiger partial charge on any atom is -0.386 e. The quantitative estimate of drug-likeness (QED) is 0.876. The van der Waals surface area contributed by atoms with Crippen molar-refractivity contribution in [2.24, 2.45) is 5.92 Å². The molecule has 0 radical (unpaired) electrons. The van der Waals surface area contributed by atoms with Crippen molar-refractivity contribution in [3.63, 3.8) is 0 Å². The van der Waals surface area contributed by atoms with E-state index < -0.39 is 6.10 Å². The van der Waals surface area contributed by atoms with E-state index >= 15 is 0 Å². The molecule has 1 aromatic heterocycles. The summed E-state index contributed by atoms with van der Waals surface area (Å²) in [5.41, 5.74) is 0. The van der Waals surface area contributed by atoms with Crippen molar-refractivity contribution in [2.45, 2.75) is 25.9 Å². The molecular weight excluding hydrogens is 322 g/mol. The highest BCUT2D eigenvalue weighted by atomic mass is 32.1. The fourth-order valence-electron chi connectivity index (χ4n) is 3.49. The predicted octanol–water partition coefficient (Wildman–Crippen LogP) is 1.66. The molecule has 1 atom stereocenters. The molecule has 134 valence electrons. The molecule has 0 spiro atoms. The highest BCUT2D eigenvalue weighted by Gasteiger charge is 2.25. The summed E-state index contributed by atoms with van der Waals surface area (Å²) in [5.74, 6) is 1.04. The summed E-state index contributed by atoms with van der Waals surface area (Å²) < 4.78 is 0. The minimum atomic E-state index is -0.395. The second-order valence-electron chi connectivity index (χ2n) is 7.17. The molecule has 1 aromatic rings. The molecule has 3 rings (SSSR count). The molecule has 1 amide bonds. The molecular formula is C18H29N3O2S. The van der Waals surface area contributed by atoms with Gasteiger partial charge in [-0.1, -0.05) is 13.0 Å². The third-order valence-corrected chi connectivity index (χ3v) is 6.24. The van der Waals surface area contributed by atoms with E-state index in [9.17, 15) is 9.90 Å². The smallest absolute Gasteiger partial charge is 0.236 e. The number of likely N-dealkylation sites (tertiary alicyclic amines) is 1. The van der Waals surface area contributed by atoms with Crippen LogP contribution in [0.4, 0.5) is 0 Å². The largest absolute Gasteiger partial charge is 0.386 e. The molecule has 6 heteroatoms. The number of β-amino-alcohol motifs (C(OH)–C–C–N with tert-alkyl or cyclic N) is 1. The summed E-state index contributed by atoms with van der Waals surface area (Å²) in [5, 5.41) is 12.3. The van der Waals surface area contributed by atoms with Gasteiger partial charge in [0.2, 0.25) is 5.91 Å². The van der Waals surface area contributed by atoms with E-state index in [4.69, 9.17) is 0 Å². The molecule has 1 N–H and O–H groups in total. The average molecular weight is 352 g/mol. The Labute approximate surface area is 148 Å². The zero-order chi connectivity index (χ0) is 16.9. The molecule has 0 aliphatic carbocycles. The van der Waals surface area contributed by atoms with Crippen LogP contribution in [0.5, 0.6) is 0 Å². The van der Waals surface area contributed by atoms with Crippen molar-refractivity contribution >= 4 is 17.2 Å². The molecule has 2 saturated heterocycles. The van der Waals surface area contributed by atoms with Gasteiger partial charge in [0.1, 0.15) is 6.10 Å². The number of amides is 1. The highest BCUT2D eigenvalue weighted by Crippen LogP contribution is 2.20. The Balaban J connectivity index is 1.38. The maximum absolute atomic E-state index is 12.4. The van der Waals surface area contributed by atoms with Crippen molar-refractivity contribution in [1.29, 1.82) is 0 Å². The van der Waals surface area contributed by atoms with E-state index in [0.29, 0.717) is 13.1 Å². The maximum atomic E-state index is 12.4. The van der Waals surface area contributed by atoms with Crippen LogP contribution >= 0.6 is 11.3 Å². The molecule has 0 aromatic carbocycles. The van der Waals surface area contributed by atoms with Crippen LogP contribution in [-0.2, 0) is 4.79 Å². The van der Waals surface area contributed by atoms with Crippen molar-refractivity contribution in [3.05, 3.63) is 22.4 Å². The maximum Gasteiger partial charge on any atom is 0.236 e. The number of hydrogen-bond donors (Lipinski definition) is 1. The van der Waals surface area contributed by atoms with Crippen LogP contribution in [0.25, 0.3) is 0 Å². The summed E-state index contributed by atoms with van der Waals surface area (Å²) in [4.78, 5) is 20.0. The summed E-state index contributed by atoms with van der Waals surface area (Å²) >= 11 is 1.61. The molecule has 2 aliphatic heterocycles. The standard InChI is InChI=1S/C18H29N3O2S/c1-15-4-6-21(7-5-15)18(23)14-20-10-8-19(9-11-20)13-16(22)17-3-2-12-24-17/h2-3,12,15-16,22H,4-11,13-14H2,1H3/t16-/m1/s1. The second-order valence-corrected chi connectivity index (χ2v) is 8.15. The number of carbonyl (C=O) groups is 1. The zero-order valence-electron chi connectivity index (χ0n) is 14.6. The van der Waals surface area contributed by atoms with Gasteiger partial charge in [-0.3, -0.25) is 14.6 Å². The number of aliphatic hydroxyl groups excluding tert-OH is 1. The van der Waals surface area contributed by atoms with Gasteiger partial charge in [0, 0.05) is 50.7 Å². The van der Waals surface area contributed by atoms with E-state index in [0.717, 1.165) is 62.9 Å². The monoisotopic (exact) mass is 351 g/mol. The van der Waals surface area contributed by atoms with E-state index in [2.05, 4.69) is 16.7 Å². The van der Waals surface area contributed by atoms with Crippen molar-refractivity contribution in [1.82, 2.24) is 14.7 Å². The minimum absolute atomic E-state index is 0.286. The Morgan fingerprint density at radius 1 is 1.21 bits per heavy atom. The predicted molar refractivity (Wildman–Crippen MR) is 97.1 cm³/mol. The lowest BCUT2D eigenvalue weighted by Gasteiger charge is -2.37. The first kappa shape index (κ1) is 17.9. The van der Waals surface area contributed by atoms with Gasteiger partial charge < -0.3 is 10.0 Å². The number of aliphatic hydroxyl groups is 1. The van der Waals surface area contributed by atoms with Gasteiger partial charge in [-0.15, -0.1) is 11.3 Å². The zero-order valence-corrected chi connectivity index (χ0v) is 15.4. The van der Waals surface area contributed by atoms with E-state index in [1.54, 1.807) is 11.3 Å². The number of rotatable bonds is 5. The molecule has 0 saturated carbocycles. The molecule has 3 heterocycles. The van der Waals surface area contributed by atoms with Crippen LogP contribution in [0.15, 0.2) is 17.5 Å². The molecule has 2 aliphatic rings. The van der Waals surface area contributed by atoms with Crippen molar-refractivity contribution < 1.29 is 9.90 Å². The number of hydrogen-bond acceptors (Lipinski definition) is 5. The van der Waals surface area contributed by atoms with Crippen LogP contribution in [0.1, 0.15) is 30.7 Å². The Kier molecular flexibility index (Phi) is 6.27. The fraction of sp³-hybridized carbons (Fsp3) is 0.722. The van der Waals surface area contributed by atoms with E-state index in [1.165, 1.54) is 0 Å². The van der Waals surface area contributed by atoms with Crippen LogP contribution in [0.3, 0.4) is 0 Å². The molecule has 2 fully saturated rings. The molecule has 24 heavy (non-hydrogen) atoms. The number of piperidine rings is 1. The first-order valence-electron chi connectivity index (χ1n) is 9.06. The first-order valence-corrected chi connectivity index (χ1v) is 9.93. The first-order chi connectivity index (χ1) is 11.6. The lowest BCUT2D eigenvalue weighted by Crippen LogP contribution is -2.51. The lowest BCUT2D eigenvalue weighted by atomic mass is 9.99.